The number of hydrogen-bond acceptors (Lipinski definition) is 4. The van der Waals surface area contributed by atoms with Gasteiger partial charge in [-0.1, -0.05) is 0 Å². The van der Waals surface area contributed by atoms with Crippen LogP contribution in [0.5, 0.6) is 5.75 Å². The Labute approximate surface area is 133 Å². The lowest BCUT2D eigenvalue weighted by Crippen LogP contribution is -2.23. The minimum atomic E-state index is -5.19. The molecule has 4 nitrogen and oxygen atoms in total. The van der Waals surface area contributed by atoms with E-state index in [4.69, 9.17) is 16.3 Å². The van der Waals surface area contributed by atoms with Gasteiger partial charge in [0.2, 0.25) is 0 Å². The summed E-state index contributed by atoms with van der Waals surface area (Å²) in [5.41, 5.74) is -4.29. The van der Waals surface area contributed by atoms with Crippen LogP contribution in [0.15, 0.2) is 6.07 Å². The first kappa shape index (κ1) is 19.4. The molecule has 0 fully saturated rings. The Bertz CT molecular complexity index is 584. The molecule has 0 N–H and O–H groups in total. The first-order chi connectivity index (χ1) is 10.4. The molecule has 0 aliphatic rings. The van der Waals surface area contributed by atoms with E-state index in [1.165, 1.54) is 20.8 Å². The van der Waals surface area contributed by atoms with Gasteiger partial charge in [0, 0.05) is 6.07 Å². The highest BCUT2D eigenvalue weighted by atomic mass is 35.5. The van der Waals surface area contributed by atoms with Crippen LogP contribution in [-0.2, 0) is 16.3 Å². The number of hydrogen-bond donors (Lipinski definition) is 0. The summed E-state index contributed by atoms with van der Waals surface area (Å²) in [6.45, 7) is 4.05. The number of pyridine rings is 1. The van der Waals surface area contributed by atoms with Crippen LogP contribution in [0.2, 0.25) is 0 Å². The molecule has 0 atom stereocenters. The topological polar surface area (TPSA) is 48.4 Å². The van der Waals surface area contributed by atoms with Crippen LogP contribution in [0, 0.1) is 0 Å². The van der Waals surface area contributed by atoms with E-state index in [0.717, 1.165) is 0 Å². The number of halogens is 6. The number of aromatic nitrogens is 1. The molecule has 0 aliphatic carbocycles. The molecule has 1 rings (SSSR count). The maximum Gasteiger partial charge on any atom is 0.434 e. The zero-order valence-corrected chi connectivity index (χ0v) is 13.1. The number of alkyl halides is 6. The number of esters is 1. The summed E-state index contributed by atoms with van der Waals surface area (Å²) in [5.74, 6) is -2.11. The van der Waals surface area contributed by atoms with Crippen LogP contribution in [0.1, 0.15) is 42.5 Å². The third-order valence-corrected chi connectivity index (χ3v) is 2.58. The van der Waals surface area contributed by atoms with Crippen LogP contribution in [0.4, 0.5) is 22.0 Å². The van der Waals surface area contributed by atoms with Crippen molar-refractivity contribution < 1.29 is 36.2 Å². The third-order valence-electron chi connectivity index (χ3n) is 2.38. The molecule has 0 saturated carbocycles. The number of carbonyl (C=O) groups excluding carboxylic acids is 1. The van der Waals surface area contributed by atoms with Crippen molar-refractivity contribution in [1.29, 1.82) is 0 Å². The number of carbonyl (C=O) groups is 1. The maximum atomic E-state index is 13.2. The van der Waals surface area contributed by atoms with Gasteiger partial charge in [0.25, 0.3) is 0 Å². The molecule has 1 heterocycles. The molecular weight excluding hydrogens is 349 g/mol. The first-order valence-electron chi connectivity index (χ1n) is 6.41. The average Bonchev–Trinajstić information content (AvgIpc) is 2.35. The summed E-state index contributed by atoms with van der Waals surface area (Å²) in [6.07, 6.45) is -5.88. The van der Waals surface area contributed by atoms with Gasteiger partial charge in [-0.15, -0.1) is 0 Å². The lowest BCUT2D eigenvalue weighted by molar-refractivity contribution is -0.142. The van der Waals surface area contributed by atoms with Crippen molar-refractivity contribution in [3.63, 3.8) is 0 Å². The highest BCUT2D eigenvalue weighted by Crippen LogP contribution is 2.40. The second-order valence-electron chi connectivity index (χ2n) is 4.61. The second-order valence-corrected chi connectivity index (χ2v) is 5.09. The minimum Gasteiger partial charge on any atom is -0.490 e. The fourth-order valence-corrected chi connectivity index (χ4v) is 1.72. The SMILES string of the molecule is CCOC(=O)c1c(OC(C)C)cc(C(F)(F)Cl)nc1C(F)(F)F. The van der Waals surface area contributed by atoms with E-state index in [0.29, 0.717) is 6.07 Å². The summed E-state index contributed by atoms with van der Waals surface area (Å²) in [5, 5.41) is -4.16. The maximum absolute atomic E-state index is 13.2. The standard InChI is InChI=1S/C13H13ClF5NO3/c1-4-22-11(21)9-7(23-6(2)3)5-8(12(14,15)16)20-10(9)13(17,18)19/h5-6H,4H2,1-3H3. The highest BCUT2D eigenvalue weighted by Gasteiger charge is 2.43. The molecule has 23 heavy (non-hydrogen) atoms. The van der Waals surface area contributed by atoms with E-state index in [2.05, 4.69) is 9.72 Å². The molecule has 0 radical (unpaired) electrons. The van der Waals surface area contributed by atoms with Gasteiger partial charge in [-0.2, -0.15) is 22.0 Å². The first-order valence-corrected chi connectivity index (χ1v) is 6.78. The Morgan fingerprint density at radius 2 is 1.87 bits per heavy atom. The summed E-state index contributed by atoms with van der Waals surface area (Å²) in [6, 6.07) is 0.495. The quantitative estimate of drug-likeness (QED) is 0.444. The Balaban J connectivity index is 3.70. The van der Waals surface area contributed by atoms with Crippen LogP contribution < -0.4 is 4.74 Å². The van der Waals surface area contributed by atoms with Gasteiger partial charge in [0.15, 0.2) is 5.69 Å². The molecule has 0 amide bonds. The van der Waals surface area contributed by atoms with E-state index in [1.807, 2.05) is 0 Å². The zero-order chi connectivity index (χ0) is 18.0. The monoisotopic (exact) mass is 361 g/mol. The number of ether oxygens (including phenoxy) is 2. The Hall–Kier alpha value is -1.64. The van der Waals surface area contributed by atoms with Gasteiger partial charge in [-0.05, 0) is 32.4 Å². The van der Waals surface area contributed by atoms with E-state index < -0.39 is 46.3 Å². The lowest BCUT2D eigenvalue weighted by Gasteiger charge is -2.20. The zero-order valence-electron chi connectivity index (χ0n) is 12.3. The largest absolute Gasteiger partial charge is 0.490 e. The summed E-state index contributed by atoms with van der Waals surface area (Å²) < 4.78 is 75.3. The molecule has 0 bridgehead atoms. The van der Waals surface area contributed by atoms with Crippen molar-refractivity contribution in [2.45, 2.75) is 38.4 Å². The Kier molecular flexibility index (Phi) is 5.79. The fraction of sp³-hybridized carbons (Fsp3) is 0.538. The van der Waals surface area contributed by atoms with E-state index >= 15 is 0 Å². The molecule has 0 aliphatic heterocycles. The van der Waals surface area contributed by atoms with Crippen molar-refractivity contribution in [1.82, 2.24) is 4.98 Å². The number of nitrogens with zero attached hydrogens (tertiary/aromatic N) is 1. The molecule has 0 aromatic carbocycles. The van der Waals surface area contributed by atoms with E-state index in [-0.39, 0.29) is 6.61 Å². The average molecular weight is 362 g/mol. The van der Waals surface area contributed by atoms with Crippen molar-refractivity contribution in [2.75, 3.05) is 6.61 Å². The minimum absolute atomic E-state index is 0.218. The predicted molar refractivity (Wildman–Crippen MR) is 70.7 cm³/mol. The highest BCUT2D eigenvalue weighted by molar-refractivity contribution is 6.21. The van der Waals surface area contributed by atoms with Crippen molar-refractivity contribution in [2.24, 2.45) is 0 Å². The third kappa shape index (κ3) is 4.92. The summed E-state index contributed by atoms with van der Waals surface area (Å²) in [7, 11) is 0. The van der Waals surface area contributed by atoms with E-state index in [1.54, 1.807) is 0 Å². The molecule has 1 aromatic heterocycles. The Morgan fingerprint density at radius 1 is 1.30 bits per heavy atom. The van der Waals surface area contributed by atoms with Gasteiger partial charge < -0.3 is 9.47 Å². The molecular formula is C13H13ClF5NO3. The normalized spacial score (nSPS) is 12.4. The Morgan fingerprint density at radius 3 is 2.26 bits per heavy atom. The van der Waals surface area contributed by atoms with Gasteiger partial charge in [0.1, 0.15) is 17.0 Å². The van der Waals surface area contributed by atoms with Crippen LogP contribution in [0.3, 0.4) is 0 Å². The molecule has 1 aromatic rings. The van der Waals surface area contributed by atoms with Crippen molar-refractivity contribution in [3.8, 4) is 5.75 Å². The van der Waals surface area contributed by atoms with E-state index in [9.17, 15) is 26.7 Å². The lowest BCUT2D eigenvalue weighted by atomic mass is 10.1. The molecule has 10 heteroatoms. The van der Waals surface area contributed by atoms with Crippen molar-refractivity contribution in [3.05, 3.63) is 23.0 Å². The number of rotatable bonds is 5. The molecule has 0 unspecified atom stereocenters. The van der Waals surface area contributed by atoms with Crippen LogP contribution in [0.25, 0.3) is 0 Å². The molecule has 0 spiro atoms. The fourth-order valence-electron chi connectivity index (χ4n) is 1.62. The smallest absolute Gasteiger partial charge is 0.434 e. The summed E-state index contributed by atoms with van der Waals surface area (Å²) >= 11 is 4.75. The van der Waals surface area contributed by atoms with Gasteiger partial charge in [-0.25, -0.2) is 9.78 Å². The molecule has 0 saturated heterocycles. The van der Waals surface area contributed by atoms with Crippen LogP contribution in [-0.4, -0.2) is 23.7 Å². The summed E-state index contributed by atoms with van der Waals surface area (Å²) in [4.78, 5) is 14.6. The second kappa shape index (κ2) is 6.86. The van der Waals surface area contributed by atoms with Crippen molar-refractivity contribution >= 4 is 17.6 Å². The predicted octanol–water partition coefficient (Wildman–Crippen LogP) is 4.35. The van der Waals surface area contributed by atoms with Gasteiger partial charge in [0.05, 0.1) is 12.7 Å². The van der Waals surface area contributed by atoms with Gasteiger partial charge in [-0.3, -0.25) is 0 Å². The van der Waals surface area contributed by atoms with Gasteiger partial charge >= 0.3 is 17.5 Å². The van der Waals surface area contributed by atoms with Crippen LogP contribution >= 0.6 is 11.6 Å². The molecule has 130 valence electrons.